The molecule has 11 heteroatoms. The van der Waals surface area contributed by atoms with Gasteiger partial charge in [-0.3, -0.25) is 4.90 Å². The second-order valence-electron chi connectivity index (χ2n) is 9.47. The number of cyclic esters (lactones) is 1. The lowest BCUT2D eigenvalue weighted by atomic mass is 10.1. The maximum Gasteiger partial charge on any atom is 0.414 e. The number of nitrogens with zero attached hydrogens (tertiary/aromatic N) is 2. The molecule has 0 bridgehead atoms. The largest absolute Gasteiger partial charge is 0.465 e. The van der Waals surface area contributed by atoms with Crippen molar-refractivity contribution in [1.82, 2.24) is 5.32 Å². The number of hydrogen-bond acceptors (Lipinski definition) is 5. The Morgan fingerprint density at radius 2 is 1.84 bits per heavy atom. The van der Waals surface area contributed by atoms with E-state index >= 15 is 0 Å². The van der Waals surface area contributed by atoms with Crippen LogP contribution in [0.3, 0.4) is 0 Å². The quantitative estimate of drug-likeness (QED) is 0.632. The zero-order chi connectivity index (χ0) is 23.1. The second kappa shape index (κ2) is 8.27. The van der Waals surface area contributed by atoms with Crippen molar-refractivity contribution in [2.24, 2.45) is 0 Å². The summed E-state index contributed by atoms with van der Waals surface area (Å²) in [6, 6.07) is 2.18. The van der Waals surface area contributed by atoms with E-state index in [-0.39, 0.29) is 35.6 Å². The minimum absolute atomic E-state index is 0.0104. The first kappa shape index (κ1) is 23.3. The first-order valence-electron chi connectivity index (χ1n) is 10.2. The van der Waals surface area contributed by atoms with E-state index in [1.54, 1.807) is 4.90 Å². The van der Waals surface area contributed by atoms with Crippen LogP contribution in [-0.4, -0.2) is 64.0 Å². The summed E-state index contributed by atoms with van der Waals surface area (Å²) >= 11 is 0. The van der Waals surface area contributed by atoms with Crippen molar-refractivity contribution < 1.29 is 32.6 Å². The van der Waals surface area contributed by atoms with Crippen molar-refractivity contribution in [2.45, 2.75) is 51.1 Å². The molecule has 172 valence electrons. The summed E-state index contributed by atoms with van der Waals surface area (Å²) in [7, 11) is -1.96. The molecule has 2 fully saturated rings. The third-order valence-corrected chi connectivity index (χ3v) is 10.6. The lowest BCUT2D eigenvalue weighted by molar-refractivity contribution is 0.136. The fourth-order valence-corrected chi connectivity index (χ4v) is 4.67. The molecule has 2 aliphatic rings. The van der Waals surface area contributed by atoms with Crippen LogP contribution in [0, 0.1) is 11.6 Å². The Kier molecular flexibility index (Phi) is 6.20. The predicted octanol–water partition coefficient (Wildman–Crippen LogP) is 3.77. The lowest BCUT2D eigenvalue weighted by Crippen LogP contribution is -2.58. The van der Waals surface area contributed by atoms with Crippen LogP contribution in [0.25, 0.3) is 0 Å². The number of nitrogens with one attached hydrogen (secondary N) is 1. The molecule has 2 aliphatic heterocycles. The number of benzene rings is 1. The molecular weight excluding hydrogens is 428 g/mol. The first-order chi connectivity index (χ1) is 14.3. The molecule has 3 rings (SSSR count). The van der Waals surface area contributed by atoms with E-state index in [1.807, 2.05) is 0 Å². The van der Waals surface area contributed by atoms with E-state index in [4.69, 9.17) is 14.3 Å². The highest BCUT2D eigenvalue weighted by Crippen LogP contribution is 2.40. The van der Waals surface area contributed by atoms with Crippen LogP contribution in [0.4, 0.5) is 29.7 Å². The molecule has 0 aliphatic carbocycles. The number of carbonyl (C=O) groups is 2. The van der Waals surface area contributed by atoms with Crippen molar-refractivity contribution in [2.75, 3.05) is 36.0 Å². The van der Waals surface area contributed by atoms with Gasteiger partial charge in [-0.1, -0.05) is 20.8 Å². The third-order valence-electron chi connectivity index (χ3n) is 6.10. The zero-order valence-electron chi connectivity index (χ0n) is 18.4. The normalized spacial score (nSPS) is 20.0. The van der Waals surface area contributed by atoms with E-state index in [2.05, 4.69) is 39.2 Å². The molecule has 0 aromatic heterocycles. The molecule has 1 atom stereocenters. The van der Waals surface area contributed by atoms with Gasteiger partial charge in [0.25, 0.3) is 0 Å². The van der Waals surface area contributed by atoms with Crippen LogP contribution < -0.4 is 15.1 Å². The maximum absolute atomic E-state index is 14.8. The molecule has 2 heterocycles. The zero-order valence-corrected chi connectivity index (χ0v) is 19.4. The van der Waals surface area contributed by atoms with Gasteiger partial charge in [0.15, 0.2) is 20.0 Å². The lowest BCUT2D eigenvalue weighted by Gasteiger charge is -2.47. The SMILES string of the molecule is CC(C)(C)[Si](C)(C)OC1CN(c2c(F)cc(N3C[C@H](CNC(=O)O)OC3=O)cc2F)C1. The van der Waals surface area contributed by atoms with Gasteiger partial charge < -0.3 is 24.5 Å². The molecule has 0 saturated carbocycles. The fraction of sp³-hybridized carbons (Fsp3) is 0.600. The number of anilines is 2. The number of rotatable bonds is 6. The van der Waals surface area contributed by atoms with Crippen molar-refractivity contribution >= 4 is 31.9 Å². The van der Waals surface area contributed by atoms with E-state index in [9.17, 15) is 18.4 Å². The summed E-state index contributed by atoms with van der Waals surface area (Å²) < 4.78 is 40.9. The predicted molar refractivity (Wildman–Crippen MR) is 114 cm³/mol. The number of halogens is 2. The van der Waals surface area contributed by atoms with E-state index < -0.39 is 38.2 Å². The highest BCUT2D eigenvalue weighted by atomic mass is 28.4. The smallest absolute Gasteiger partial charge is 0.414 e. The molecule has 2 N–H and O–H groups in total. The van der Waals surface area contributed by atoms with Gasteiger partial charge in [0.2, 0.25) is 0 Å². The summed E-state index contributed by atoms with van der Waals surface area (Å²) in [4.78, 5) is 25.3. The van der Waals surface area contributed by atoms with Gasteiger partial charge in [0, 0.05) is 25.2 Å². The van der Waals surface area contributed by atoms with Crippen LogP contribution in [0.1, 0.15) is 20.8 Å². The van der Waals surface area contributed by atoms with Gasteiger partial charge in [0.05, 0.1) is 24.9 Å². The molecule has 0 unspecified atom stereocenters. The molecular formula is C20H29F2N3O5Si. The van der Waals surface area contributed by atoms with Gasteiger partial charge >= 0.3 is 12.2 Å². The van der Waals surface area contributed by atoms with Gasteiger partial charge in [-0.2, -0.15) is 0 Å². The Labute approximate surface area is 181 Å². The van der Waals surface area contributed by atoms with Crippen molar-refractivity contribution in [3.8, 4) is 0 Å². The molecule has 8 nitrogen and oxygen atoms in total. The molecule has 2 amide bonds. The van der Waals surface area contributed by atoms with Crippen LogP contribution in [0.15, 0.2) is 12.1 Å². The Morgan fingerprint density at radius 1 is 1.26 bits per heavy atom. The summed E-state index contributed by atoms with van der Waals surface area (Å²) in [6.07, 6.45) is -2.84. The summed E-state index contributed by atoms with van der Waals surface area (Å²) in [5.74, 6) is -1.55. The fourth-order valence-electron chi connectivity index (χ4n) is 3.34. The maximum atomic E-state index is 14.8. The van der Waals surface area contributed by atoms with E-state index in [0.717, 1.165) is 17.0 Å². The van der Waals surface area contributed by atoms with E-state index in [1.165, 1.54) is 0 Å². The molecule has 31 heavy (non-hydrogen) atoms. The summed E-state index contributed by atoms with van der Waals surface area (Å²) in [5.41, 5.74) is -0.119. The van der Waals surface area contributed by atoms with Gasteiger partial charge in [0.1, 0.15) is 11.8 Å². The monoisotopic (exact) mass is 457 g/mol. The van der Waals surface area contributed by atoms with Crippen LogP contribution in [0.5, 0.6) is 0 Å². The van der Waals surface area contributed by atoms with Crippen LogP contribution in [-0.2, 0) is 9.16 Å². The molecule has 2 saturated heterocycles. The molecule has 1 aromatic rings. The second-order valence-corrected chi connectivity index (χ2v) is 14.2. The average Bonchev–Trinajstić information content (AvgIpc) is 2.96. The Balaban J connectivity index is 1.66. The molecule has 0 spiro atoms. The number of ether oxygens (including phenoxy) is 1. The molecule has 1 aromatic carbocycles. The standard InChI is InChI=1S/C20H29F2N3O5Si/c1-20(2,3)31(4,5)30-14-9-24(10-14)17-15(21)6-12(7-16(17)22)25-11-13(29-19(25)28)8-23-18(26)27/h6-7,13-14,23H,8-11H2,1-5H3,(H,26,27)/t13-/m0/s1. The number of amides is 2. The van der Waals surface area contributed by atoms with Crippen molar-refractivity contribution in [3.05, 3.63) is 23.8 Å². The third kappa shape index (κ3) is 4.92. The van der Waals surface area contributed by atoms with E-state index in [0.29, 0.717) is 13.1 Å². The minimum Gasteiger partial charge on any atom is -0.465 e. The van der Waals surface area contributed by atoms with Gasteiger partial charge in [-0.15, -0.1) is 0 Å². The number of hydrogen-bond donors (Lipinski definition) is 2. The average molecular weight is 458 g/mol. The van der Waals surface area contributed by atoms with Crippen molar-refractivity contribution in [1.29, 1.82) is 0 Å². The van der Waals surface area contributed by atoms with Gasteiger partial charge in [-0.25, -0.2) is 18.4 Å². The minimum atomic E-state index is -1.96. The number of carbonyl (C=O) groups excluding carboxylic acids is 1. The topological polar surface area (TPSA) is 91.3 Å². The van der Waals surface area contributed by atoms with Crippen molar-refractivity contribution in [3.63, 3.8) is 0 Å². The number of carboxylic acid groups (broad SMARTS) is 1. The highest BCUT2D eigenvalue weighted by molar-refractivity contribution is 6.74. The van der Waals surface area contributed by atoms with Gasteiger partial charge in [-0.05, 0) is 18.1 Å². The Bertz CT molecular complexity index is 848. The van der Waals surface area contributed by atoms with Crippen LogP contribution in [0.2, 0.25) is 18.1 Å². The first-order valence-corrected chi connectivity index (χ1v) is 13.1. The Hall–Kier alpha value is -2.40. The highest BCUT2D eigenvalue weighted by Gasteiger charge is 2.43. The summed E-state index contributed by atoms with van der Waals surface area (Å²) in [5, 5.41) is 10.8. The molecule has 0 radical (unpaired) electrons. The summed E-state index contributed by atoms with van der Waals surface area (Å²) in [6.45, 7) is 11.4. The Morgan fingerprint density at radius 3 is 2.35 bits per heavy atom. The van der Waals surface area contributed by atoms with Crippen LogP contribution >= 0.6 is 0 Å².